The quantitative estimate of drug-likeness (QED) is 0.458. The Morgan fingerprint density at radius 1 is 0.800 bits per heavy atom. The summed E-state index contributed by atoms with van der Waals surface area (Å²) in [6, 6.07) is 26.9. The summed E-state index contributed by atoms with van der Waals surface area (Å²) < 4.78 is 7.47. The number of hydrogen-bond donors (Lipinski definition) is 1. The van der Waals surface area contributed by atoms with Gasteiger partial charge in [-0.1, -0.05) is 66.4 Å². The molecule has 0 radical (unpaired) electrons. The summed E-state index contributed by atoms with van der Waals surface area (Å²) in [6.07, 6.45) is 0. The third kappa shape index (κ3) is 3.57. The second-order valence-electron chi connectivity index (χ2n) is 6.80. The monoisotopic (exact) mass is 412 g/mol. The molecule has 5 nitrogen and oxygen atoms in total. The lowest BCUT2D eigenvalue weighted by Gasteiger charge is -2.19. The molecule has 0 unspecified atom stereocenters. The van der Waals surface area contributed by atoms with Crippen molar-refractivity contribution in [1.82, 2.24) is 14.9 Å². The first-order valence-corrected chi connectivity index (χ1v) is 10.7. The minimum absolute atomic E-state index is 0.648. The van der Waals surface area contributed by atoms with Crippen LogP contribution in [-0.2, 0) is 0 Å². The van der Waals surface area contributed by atoms with Crippen LogP contribution in [0.5, 0.6) is 5.75 Å². The molecule has 1 aliphatic rings. The molecule has 0 saturated carbocycles. The molecule has 2 heterocycles. The molecular formula is C24H20N4OS. The van der Waals surface area contributed by atoms with Gasteiger partial charge < -0.3 is 4.74 Å². The molecule has 1 N–H and O–H groups in total. The summed E-state index contributed by atoms with van der Waals surface area (Å²) in [5.74, 6) is 1.62. The van der Waals surface area contributed by atoms with Crippen molar-refractivity contribution in [3.8, 4) is 28.3 Å². The number of fused-ring (bicyclic) bond motifs is 1. The molecule has 0 bridgehead atoms. The molecule has 3 aromatic carbocycles. The maximum Gasteiger partial charge on any atom is 0.214 e. The molecule has 148 valence electrons. The van der Waals surface area contributed by atoms with E-state index in [1.54, 1.807) is 11.8 Å². The van der Waals surface area contributed by atoms with E-state index in [1.165, 1.54) is 11.1 Å². The fraction of sp³-hybridized carbons (Fsp3) is 0.0833. The Morgan fingerprint density at radius 2 is 1.47 bits per heavy atom. The van der Waals surface area contributed by atoms with E-state index in [0.717, 1.165) is 33.6 Å². The van der Waals surface area contributed by atoms with Crippen molar-refractivity contribution in [2.24, 2.45) is 0 Å². The highest BCUT2D eigenvalue weighted by atomic mass is 32.2. The second-order valence-corrected chi connectivity index (χ2v) is 7.64. The zero-order valence-corrected chi connectivity index (χ0v) is 17.3. The Balaban J connectivity index is 1.39. The molecule has 1 aliphatic heterocycles. The number of hydrogen-bond acceptors (Lipinski definition) is 5. The Hall–Kier alpha value is -3.51. The van der Waals surface area contributed by atoms with E-state index in [4.69, 9.17) is 4.74 Å². The zero-order valence-electron chi connectivity index (χ0n) is 16.4. The van der Waals surface area contributed by atoms with Gasteiger partial charge in [-0.3, -0.25) is 5.43 Å². The zero-order chi connectivity index (χ0) is 20.3. The summed E-state index contributed by atoms with van der Waals surface area (Å²) in [4.78, 5) is 0. The topological polar surface area (TPSA) is 52.0 Å². The largest absolute Gasteiger partial charge is 0.494 e. The molecule has 0 atom stereocenters. The van der Waals surface area contributed by atoms with Crippen molar-refractivity contribution in [3.05, 3.63) is 89.8 Å². The first kappa shape index (κ1) is 18.5. The smallest absolute Gasteiger partial charge is 0.214 e. The number of ether oxygens (including phenoxy) is 1. The lowest BCUT2D eigenvalue weighted by atomic mass is 10.0. The van der Waals surface area contributed by atoms with E-state index in [1.807, 2.05) is 41.9 Å². The number of nitrogens with one attached hydrogen (secondary N) is 1. The average molecular weight is 413 g/mol. The predicted molar refractivity (Wildman–Crippen MR) is 122 cm³/mol. The predicted octanol–water partition coefficient (Wildman–Crippen LogP) is 5.66. The van der Waals surface area contributed by atoms with Gasteiger partial charge in [-0.15, -0.1) is 10.2 Å². The van der Waals surface area contributed by atoms with Crippen LogP contribution in [0, 0.1) is 0 Å². The number of nitrogens with zero attached hydrogens (tertiary/aromatic N) is 3. The molecule has 0 saturated heterocycles. The van der Waals surface area contributed by atoms with E-state index < -0.39 is 0 Å². The van der Waals surface area contributed by atoms with Crippen molar-refractivity contribution in [2.45, 2.75) is 12.1 Å². The van der Waals surface area contributed by atoms with Crippen molar-refractivity contribution < 1.29 is 4.74 Å². The van der Waals surface area contributed by atoms with Gasteiger partial charge in [-0.05, 0) is 47.9 Å². The third-order valence-corrected chi connectivity index (χ3v) is 5.70. The molecular weight excluding hydrogens is 392 g/mol. The van der Waals surface area contributed by atoms with Crippen LogP contribution in [0.2, 0.25) is 0 Å². The molecule has 30 heavy (non-hydrogen) atoms. The van der Waals surface area contributed by atoms with Crippen LogP contribution in [0.3, 0.4) is 0 Å². The molecule has 0 amide bonds. The van der Waals surface area contributed by atoms with Gasteiger partial charge >= 0.3 is 0 Å². The SMILES string of the molecule is CCOc1ccc(-c2nnc3n2NC(c2ccc(-c4ccccc4)cc2)=CS3)cc1. The minimum Gasteiger partial charge on any atom is -0.494 e. The molecule has 0 fully saturated rings. The molecule has 0 spiro atoms. The molecule has 4 aromatic rings. The lowest BCUT2D eigenvalue weighted by Crippen LogP contribution is -2.18. The van der Waals surface area contributed by atoms with Gasteiger partial charge in [0.2, 0.25) is 5.16 Å². The maximum absolute atomic E-state index is 5.54. The summed E-state index contributed by atoms with van der Waals surface area (Å²) >= 11 is 1.56. The van der Waals surface area contributed by atoms with Crippen LogP contribution < -0.4 is 10.2 Å². The Labute approximate surface area is 179 Å². The van der Waals surface area contributed by atoms with Gasteiger partial charge in [0.25, 0.3) is 0 Å². The first-order valence-electron chi connectivity index (χ1n) is 9.80. The Kier molecular flexibility index (Phi) is 4.99. The van der Waals surface area contributed by atoms with E-state index in [0.29, 0.717) is 6.61 Å². The fourth-order valence-corrected chi connectivity index (χ4v) is 4.10. The fourth-order valence-electron chi connectivity index (χ4n) is 3.36. The Morgan fingerprint density at radius 3 is 2.20 bits per heavy atom. The van der Waals surface area contributed by atoms with Crippen molar-refractivity contribution >= 4 is 17.5 Å². The van der Waals surface area contributed by atoms with Crippen LogP contribution in [-0.4, -0.2) is 21.5 Å². The number of thioether (sulfide) groups is 1. The van der Waals surface area contributed by atoms with E-state index in [2.05, 4.69) is 69.6 Å². The van der Waals surface area contributed by atoms with Crippen LogP contribution in [0.15, 0.2) is 89.4 Å². The van der Waals surface area contributed by atoms with Crippen molar-refractivity contribution in [3.63, 3.8) is 0 Å². The van der Waals surface area contributed by atoms with Crippen LogP contribution in [0.25, 0.3) is 28.2 Å². The van der Waals surface area contributed by atoms with Gasteiger partial charge in [0.05, 0.1) is 12.3 Å². The minimum atomic E-state index is 0.648. The van der Waals surface area contributed by atoms with Crippen LogP contribution in [0.1, 0.15) is 12.5 Å². The van der Waals surface area contributed by atoms with Gasteiger partial charge in [0.15, 0.2) is 5.82 Å². The lowest BCUT2D eigenvalue weighted by molar-refractivity contribution is 0.340. The first-order chi connectivity index (χ1) is 14.8. The second kappa shape index (κ2) is 8.08. The van der Waals surface area contributed by atoms with Gasteiger partial charge in [-0.25, -0.2) is 4.68 Å². The van der Waals surface area contributed by atoms with Gasteiger partial charge in [0.1, 0.15) is 5.75 Å². The van der Waals surface area contributed by atoms with Crippen LogP contribution >= 0.6 is 11.8 Å². The van der Waals surface area contributed by atoms with Gasteiger partial charge in [0, 0.05) is 11.0 Å². The summed E-state index contributed by atoms with van der Waals surface area (Å²) in [6.45, 7) is 2.62. The molecule has 1 aromatic heterocycles. The molecule has 5 rings (SSSR count). The van der Waals surface area contributed by atoms with Gasteiger partial charge in [-0.2, -0.15) is 0 Å². The van der Waals surface area contributed by atoms with Crippen molar-refractivity contribution in [1.29, 1.82) is 0 Å². The summed E-state index contributed by atoms with van der Waals surface area (Å²) in [7, 11) is 0. The number of rotatable bonds is 5. The summed E-state index contributed by atoms with van der Waals surface area (Å²) in [5, 5.41) is 11.6. The van der Waals surface area contributed by atoms with E-state index in [-0.39, 0.29) is 0 Å². The van der Waals surface area contributed by atoms with E-state index >= 15 is 0 Å². The highest BCUT2D eigenvalue weighted by molar-refractivity contribution is 8.02. The third-order valence-electron chi connectivity index (χ3n) is 4.87. The maximum atomic E-state index is 5.54. The summed E-state index contributed by atoms with van der Waals surface area (Å²) in [5.41, 5.74) is 8.97. The van der Waals surface area contributed by atoms with Crippen LogP contribution in [0.4, 0.5) is 0 Å². The average Bonchev–Trinajstić information content (AvgIpc) is 3.24. The highest BCUT2D eigenvalue weighted by Gasteiger charge is 2.19. The molecule has 0 aliphatic carbocycles. The number of benzene rings is 3. The normalized spacial score (nSPS) is 12.6. The molecule has 6 heteroatoms. The Bertz CT molecular complexity index is 1180. The van der Waals surface area contributed by atoms with Crippen molar-refractivity contribution in [2.75, 3.05) is 12.0 Å². The highest BCUT2D eigenvalue weighted by Crippen LogP contribution is 2.32. The van der Waals surface area contributed by atoms with E-state index in [9.17, 15) is 0 Å². The number of aromatic nitrogens is 3. The standard InChI is InChI=1S/C24H20N4OS/c1-2-29-21-14-12-20(13-15-21)23-25-26-24-28(23)27-22(16-30-24)19-10-8-18(9-11-19)17-6-4-3-5-7-17/h3-16,27H,2H2,1H3.